The van der Waals surface area contributed by atoms with Gasteiger partial charge < -0.3 is 0 Å². The van der Waals surface area contributed by atoms with Gasteiger partial charge in [-0.3, -0.25) is 10.1 Å². The van der Waals surface area contributed by atoms with Crippen LogP contribution in [0.15, 0.2) is 48.5 Å². The summed E-state index contributed by atoms with van der Waals surface area (Å²) in [7, 11) is 0. The van der Waals surface area contributed by atoms with Crippen molar-refractivity contribution >= 4 is 45.6 Å². The summed E-state index contributed by atoms with van der Waals surface area (Å²) < 4.78 is 0. The highest BCUT2D eigenvalue weighted by atomic mass is 35.5. The number of anilines is 1. The molecule has 0 radical (unpaired) electrons. The van der Waals surface area contributed by atoms with E-state index in [0.29, 0.717) is 20.7 Å². The number of hydrogen-bond acceptors (Lipinski definition) is 4. The quantitative estimate of drug-likeness (QED) is 0.622. The average Bonchev–Trinajstić information content (AvgIpc) is 3.05. The maximum atomic E-state index is 12.3. The first-order chi connectivity index (χ1) is 12.1. The van der Waals surface area contributed by atoms with E-state index in [2.05, 4.69) is 27.6 Å². The zero-order valence-corrected chi connectivity index (χ0v) is 15.5. The third-order valence-corrected chi connectivity index (χ3v) is 5.02. The fourth-order valence-electron chi connectivity index (χ4n) is 2.33. The Kier molecular flexibility index (Phi) is 6.02. The van der Waals surface area contributed by atoms with E-state index in [9.17, 15) is 4.79 Å². The molecule has 4 nitrogen and oxygen atoms in total. The number of rotatable bonds is 6. The Labute approximate surface area is 159 Å². The van der Waals surface area contributed by atoms with Gasteiger partial charge in [-0.15, -0.1) is 10.2 Å². The van der Waals surface area contributed by atoms with Gasteiger partial charge in [-0.2, -0.15) is 0 Å². The lowest BCUT2D eigenvalue weighted by atomic mass is 10.1. The van der Waals surface area contributed by atoms with Crippen molar-refractivity contribution in [3.63, 3.8) is 0 Å². The Balaban J connectivity index is 1.56. The van der Waals surface area contributed by atoms with Gasteiger partial charge >= 0.3 is 0 Å². The Hall–Kier alpha value is -1.95. The number of hydrogen-bond donors (Lipinski definition) is 1. The molecule has 3 rings (SSSR count). The van der Waals surface area contributed by atoms with Crippen LogP contribution in [-0.2, 0) is 12.8 Å². The maximum Gasteiger partial charge on any atom is 0.259 e. The van der Waals surface area contributed by atoms with E-state index in [1.807, 2.05) is 18.2 Å². The van der Waals surface area contributed by atoms with Crippen LogP contribution < -0.4 is 5.32 Å². The van der Waals surface area contributed by atoms with Gasteiger partial charge in [0.15, 0.2) is 0 Å². The highest BCUT2D eigenvalue weighted by molar-refractivity contribution is 7.15. The van der Waals surface area contributed by atoms with Crippen molar-refractivity contribution in [1.82, 2.24) is 10.2 Å². The lowest BCUT2D eigenvalue weighted by molar-refractivity contribution is 0.102. The fraction of sp³-hybridized carbons (Fsp3) is 0.167. The Bertz CT molecular complexity index is 868. The van der Waals surface area contributed by atoms with Gasteiger partial charge in [-0.1, -0.05) is 64.9 Å². The number of carbonyl (C=O) groups excluding carboxylic acids is 1. The molecule has 1 N–H and O–H groups in total. The summed E-state index contributed by atoms with van der Waals surface area (Å²) in [4.78, 5) is 12.3. The normalized spacial score (nSPS) is 10.6. The summed E-state index contributed by atoms with van der Waals surface area (Å²) in [5, 5.41) is 13.0. The summed E-state index contributed by atoms with van der Waals surface area (Å²) in [5.74, 6) is -0.348. The number of halogens is 2. The van der Waals surface area contributed by atoms with E-state index in [1.165, 1.54) is 23.0 Å². The fourth-order valence-corrected chi connectivity index (χ4v) is 3.48. The van der Waals surface area contributed by atoms with E-state index in [-0.39, 0.29) is 5.91 Å². The Morgan fingerprint density at radius 2 is 1.84 bits per heavy atom. The largest absolute Gasteiger partial charge is 0.296 e. The van der Waals surface area contributed by atoms with Crippen molar-refractivity contribution in [3.8, 4) is 0 Å². The number of benzene rings is 2. The number of aryl methyl sites for hydroxylation is 2. The molecule has 0 aliphatic carbocycles. The van der Waals surface area contributed by atoms with E-state index < -0.39 is 0 Å². The molecule has 0 unspecified atom stereocenters. The first kappa shape index (κ1) is 17.9. The SMILES string of the molecule is O=C(Nc1nnc(CCCc2ccccc2)s1)c1cc(Cl)ccc1Cl. The minimum Gasteiger partial charge on any atom is -0.296 e. The summed E-state index contributed by atoms with van der Waals surface area (Å²) in [6.45, 7) is 0. The molecular formula is C18H15Cl2N3OS. The third kappa shape index (κ3) is 5.01. The van der Waals surface area contributed by atoms with Gasteiger partial charge in [0, 0.05) is 11.4 Å². The molecule has 1 heterocycles. The second-order valence-corrected chi connectivity index (χ2v) is 7.32. The predicted octanol–water partition coefficient (Wildman–Crippen LogP) is 5.27. The lowest BCUT2D eigenvalue weighted by Crippen LogP contribution is -2.12. The minimum atomic E-state index is -0.348. The maximum absolute atomic E-state index is 12.3. The van der Waals surface area contributed by atoms with Gasteiger partial charge in [0.05, 0.1) is 10.6 Å². The van der Waals surface area contributed by atoms with Gasteiger partial charge in [-0.25, -0.2) is 0 Å². The van der Waals surface area contributed by atoms with Crippen LogP contribution in [0.4, 0.5) is 5.13 Å². The monoisotopic (exact) mass is 391 g/mol. The Morgan fingerprint density at radius 3 is 2.64 bits per heavy atom. The summed E-state index contributed by atoms with van der Waals surface area (Å²) in [6, 6.07) is 15.1. The number of amides is 1. The van der Waals surface area contributed by atoms with Crippen molar-refractivity contribution in [2.45, 2.75) is 19.3 Å². The van der Waals surface area contributed by atoms with Gasteiger partial charge in [0.1, 0.15) is 5.01 Å². The number of nitrogens with one attached hydrogen (secondary N) is 1. The van der Waals surface area contributed by atoms with Crippen molar-refractivity contribution in [2.75, 3.05) is 5.32 Å². The lowest BCUT2D eigenvalue weighted by Gasteiger charge is -2.04. The van der Waals surface area contributed by atoms with E-state index in [0.717, 1.165) is 24.3 Å². The summed E-state index contributed by atoms with van der Waals surface area (Å²) >= 11 is 13.3. The van der Waals surface area contributed by atoms with Crippen LogP contribution in [0.2, 0.25) is 10.0 Å². The predicted molar refractivity (Wildman–Crippen MR) is 103 cm³/mol. The molecule has 0 bridgehead atoms. The molecular weight excluding hydrogens is 377 g/mol. The second-order valence-electron chi connectivity index (χ2n) is 5.42. The van der Waals surface area contributed by atoms with Crippen LogP contribution in [0, 0.1) is 0 Å². The number of carbonyl (C=O) groups is 1. The molecule has 25 heavy (non-hydrogen) atoms. The molecule has 0 saturated heterocycles. The minimum absolute atomic E-state index is 0.315. The molecule has 0 atom stereocenters. The molecule has 2 aromatic carbocycles. The molecule has 1 aromatic heterocycles. The van der Waals surface area contributed by atoms with Crippen LogP contribution in [0.5, 0.6) is 0 Å². The van der Waals surface area contributed by atoms with Crippen LogP contribution >= 0.6 is 34.5 Å². The van der Waals surface area contributed by atoms with Crippen molar-refractivity contribution in [3.05, 3.63) is 74.7 Å². The van der Waals surface area contributed by atoms with Crippen LogP contribution in [0.1, 0.15) is 27.3 Å². The van der Waals surface area contributed by atoms with Crippen LogP contribution in [0.3, 0.4) is 0 Å². The first-order valence-corrected chi connectivity index (χ1v) is 9.32. The van der Waals surface area contributed by atoms with E-state index >= 15 is 0 Å². The molecule has 0 saturated carbocycles. The molecule has 0 aliphatic heterocycles. The van der Waals surface area contributed by atoms with Crippen molar-refractivity contribution in [2.24, 2.45) is 0 Å². The smallest absolute Gasteiger partial charge is 0.259 e. The zero-order valence-electron chi connectivity index (χ0n) is 13.2. The highest BCUT2D eigenvalue weighted by Crippen LogP contribution is 2.23. The second kappa shape index (κ2) is 8.43. The van der Waals surface area contributed by atoms with Gasteiger partial charge in [-0.05, 0) is 36.6 Å². The summed E-state index contributed by atoms with van der Waals surface area (Å²) in [6.07, 6.45) is 2.79. The van der Waals surface area contributed by atoms with Gasteiger partial charge in [0.25, 0.3) is 5.91 Å². The van der Waals surface area contributed by atoms with E-state index in [4.69, 9.17) is 23.2 Å². The van der Waals surface area contributed by atoms with Crippen molar-refractivity contribution < 1.29 is 4.79 Å². The number of aromatic nitrogens is 2. The Morgan fingerprint density at radius 1 is 1.04 bits per heavy atom. The molecule has 128 valence electrons. The van der Waals surface area contributed by atoms with Crippen molar-refractivity contribution in [1.29, 1.82) is 0 Å². The van der Waals surface area contributed by atoms with Crippen LogP contribution in [-0.4, -0.2) is 16.1 Å². The van der Waals surface area contributed by atoms with E-state index in [1.54, 1.807) is 12.1 Å². The standard InChI is InChI=1S/C18H15Cl2N3OS/c19-13-9-10-15(20)14(11-13)17(24)21-18-23-22-16(25-18)8-4-7-12-5-2-1-3-6-12/h1-3,5-6,9-11H,4,7-8H2,(H,21,23,24). The molecule has 3 aromatic rings. The third-order valence-electron chi connectivity index (χ3n) is 3.56. The highest BCUT2D eigenvalue weighted by Gasteiger charge is 2.14. The zero-order chi connectivity index (χ0) is 17.6. The number of nitrogens with zero attached hydrogens (tertiary/aromatic N) is 2. The van der Waals surface area contributed by atoms with Gasteiger partial charge in [0.2, 0.25) is 5.13 Å². The molecule has 0 aliphatic rings. The van der Waals surface area contributed by atoms with Crippen LogP contribution in [0.25, 0.3) is 0 Å². The molecule has 7 heteroatoms. The topological polar surface area (TPSA) is 54.9 Å². The molecule has 0 spiro atoms. The average molecular weight is 392 g/mol. The molecule has 0 fully saturated rings. The molecule has 1 amide bonds. The first-order valence-electron chi connectivity index (χ1n) is 7.74. The summed E-state index contributed by atoms with van der Waals surface area (Å²) in [5.41, 5.74) is 1.62.